The van der Waals surface area contributed by atoms with Gasteiger partial charge in [-0.2, -0.15) is 0 Å². The van der Waals surface area contributed by atoms with Crippen molar-refractivity contribution in [2.75, 3.05) is 37.7 Å². The monoisotopic (exact) mass is 352 g/mol. The summed E-state index contributed by atoms with van der Waals surface area (Å²) in [6.07, 6.45) is 2.39. The Balaban J connectivity index is 1.37. The number of carbonyl (C=O) groups is 1. The average Bonchev–Trinajstić information content (AvgIpc) is 2.66. The van der Waals surface area contributed by atoms with Gasteiger partial charge in [0.25, 0.3) is 0 Å². The number of carbonyl (C=O) groups excluding carboxylic acids is 1. The number of ether oxygens (including phenoxy) is 1. The van der Waals surface area contributed by atoms with Crippen LogP contribution in [0.4, 0.5) is 5.69 Å². The quantitative estimate of drug-likeness (QED) is 0.779. The normalized spacial score (nSPS) is 14.3. The van der Waals surface area contributed by atoms with Gasteiger partial charge < -0.3 is 15.0 Å². The predicted octanol–water partition coefficient (Wildman–Crippen LogP) is 3.12. The van der Waals surface area contributed by atoms with E-state index in [0.717, 1.165) is 51.3 Å². The van der Waals surface area contributed by atoms with Gasteiger partial charge in [0.15, 0.2) is 0 Å². The van der Waals surface area contributed by atoms with Gasteiger partial charge in [-0.1, -0.05) is 42.0 Å². The summed E-state index contributed by atoms with van der Waals surface area (Å²) in [5, 5.41) is 3.02. The van der Waals surface area contributed by atoms with Gasteiger partial charge in [0, 0.05) is 25.3 Å². The zero-order valence-corrected chi connectivity index (χ0v) is 15.5. The van der Waals surface area contributed by atoms with Gasteiger partial charge in [0.05, 0.1) is 19.6 Å². The molecule has 0 aliphatic carbocycles. The van der Waals surface area contributed by atoms with E-state index in [1.165, 1.54) is 16.8 Å². The summed E-state index contributed by atoms with van der Waals surface area (Å²) in [4.78, 5) is 14.4. The van der Waals surface area contributed by atoms with Crippen LogP contribution in [-0.2, 0) is 22.4 Å². The Kier molecular flexibility index (Phi) is 6.67. The first kappa shape index (κ1) is 18.5. The fourth-order valence-corrected chi connectivity index (χ4v) is 3.29. The molecule has 0 saturated carbocycles. The zero-order valence-electron chi connectivity index (χ0n) is 15.5. The van der Waals surface area contributed by atoms with E-state index in [-0.39, 0.29) is 5.91 Å². The molecule has 1 fully saturated rings. The Morgan fingerprint density at radius 3 is 2.58 bits per heavy atom. The van der Waals surface area contributed by atoms with Crippen LogP contribution in [0.2, 0.25) is 0 Å². The van der Waals surface area contributed by atoms with Crippen LogP contribution >= 0.6 is 0 Å². The van der Waals surface area contributed by atoms with Crippen molar-refractivity contribution in [1.29, 1.82) is 0 Å². The largest absolute Gasteiger partial charge is 0.378 e. The number of benzene rings is 2. The Bertz CT molecular complexity index is 706. The van der Waals surface area contributed by atoms with E-state index in [4.69, 9.17) is 4.74 Å². The topological polar surface area (TPSA) is 41.6 Å². The van der Waals surface area contributed by atoms with Crippen molar-refractivity contribution in [2.45, 2.75) is 26.2 Å². The summed E-state index contributed by atoms with van der Waals surface area (Å²) in [6.45, 7) is 6.31. The predicted molar refractivity (Wildman–Crippen MR) is 106 cm³/mol. The number of amides is 1. The fourth-order valence-electron chi connectivity index (χ4n) is 3.29. The van der Waals surface area contributed by atoms with Crippen molar-refractivity contribution in [2.24, 2.45) is 0 Å². The molecule has 0 radical (unpaired) electrons. The fraction of sp³-hybridized carbons (Fsp3) is 0.409. The van der Waals surface area contributed by atoms with Gasteiger partial charge in [-0.05, 0) is 43.0 Å². The Morgan fingerprint density at radius 2 is 1.85 bits per heavy atom. The second-order valence-electron chi connectivity index (χ2n) is 6.89. The lowest BCUT2D eigenvalue weighted by Crippen LogP contribution is -2.36. The molecule has 0 unspecified atom stereocenters. The summed E-state index contributed by atoms with van der Waals surface area (Å²) in [6, 6.07) is 16.9. The summed E-state index contributed by atoms with van der Waals surface area (Å²) >= 11 is 0. The van der Waals surface area contributed by atoms with E-state index in [1.807, 2.05) is 25.1 Å². The molecule has 1 heterocycles. The standard InChI is InChI=1S/C22H28N2O2/c1-18-4-2-5-20(16-18)17-22(25)23-11-3-6-19-7-9-21(10-8-19)24-12-14-26-15-13-24/h2,4-5,7-10,16H,3,6,11-15,17H2,1H3,(H,23,25). The molecular weight excluding hydrogens is 324 g/mol. The Hall–Kier alpha value is -2.33. The molecule has 1 saturated heterocycles. The van der Waals surface area contributed by atoms with Crippen LogP contribution in [0, 0.1) is 6.92 Å². The third-order valence-electron chi connectivity index (χ3n) is 4.72. The molecule has 0 atom stereocenters. The first-order valence-electron chi connectivity index (χ1n) is 9.44. The molecule has 1 amide bonds. The van der Waals surface area contributed by atoms with E-state index in [2.05, 4.69) is 40.5 Å². The maximum absolute atomic E-state index is 12.0. The van der Waals surface area contributed by atoms with Gasteiger partial charge in [0.1, 0.15) is 0 Å². The molecule has 4 nitrogen and oxygen atoms in total. The SMILES string of the molecule is Cc1cccc(CC(=O)NCCCc2ccc(N3CCOCC3)cc2)c1. The third-order valence-corrected chi connectivity index (χ3v) is 4.72. The highest BCUT2D eigenvalue weighted by atomic mass is 16.5. The number of rotatable bonds is 7. The van der Waals surface area contributed by atoms with Crippen LogP contribution in [-0.4, -0.2) is 38.8 Å². The summed E-state index contributed by atoms with van der Waals surface area (Å²) in [7, 11) is 0. The molecule has 0 bridgehead atoms. The van der Waals surface area contributed by atoms with Gasteiger partial charge in [-0.3, -0.25) is 4.79 Å². The van der Waals surface area contributed by atoms with Gasteiger partial charge in [-0.15, -0.1) is 0 Å². The first-order chi connectivity index (χ1) is 12.7. The number of hydrogen-bond donors (Lipinski definition) is 1. The molecule has 138 valence electrons. The third kappa shape index (κ3) is 5.60. The van der Waals surface area contributed by atoms with Crippen LogP contribution in [0.15, 0.2) is 48.5 Å². The van der Waals surface area contributed by atoms with Gasteiger partial charge in [-0.25, -0.2) is 0 Å². The minimum Gasteiger partial charge on any atom is -0.378 e. The van der Waals surface area contributed by atoms with Crippen molar-refractivity contribution in [3.63, 3.8) is 0 Å². The minimum absolute atomic E-state index is 0.0956. The first-order valence-corrected chi connectivity index (χ1v) is 9.44. The summed E-state index contributed by atoms with van der Waals surface area (Å²) in [5.74, 6) is 0.0956. The molecule has 4 heteroatoms. The second-order valence-corrected chi connectivity index (χ2v) is 6.89. The molecule has 0 aromatic heterocycles. The molecule has 0 spiro atoms. The van der Waals surface area contributed by atoms with Gasteiger partial charge in [0.2, 0.25) is 5.91 Å². The molecule has 2 aromatic rings. The minimum atomic E-state index is 0.0956. The highest BCUT2D eigenvalue weighted by Crippen LogP contribution is 2.17. The van der Waals surface area contributed by atoms with E-state index in [0.29, 0.717) is 6.42 Å². The van der Waals surface area contributed by atoms with Crippen molar-refractivity contribution >= 4 is 11.6 Å². The smallest absolute Gasteiger partial charge is 0.224 e. The molecule has 1 aliphatic heterocycles. The molecule has 3 rings (SSSR count). The van der Waals surface area contributed by atoms with E-state index in [9.17, 15) is 4.79 Å². The molecule has 1 N–H and O–H groups in total. The lowest BCUT2D eigenvalue weighted by Gasteiger charge is -2.28. The van der Waals surface area contributed by atoms with Gasteiger partial charge >= 0.3 is 0 Å². The number of nitrogens with zero attached hydrogens (tertiary/aromatic N) is 1. The number of nitrogens with one attached hydrogen (secondary N) is 1. The lowest BCUT2D eigenvalue weighted by molar-refractivity contribution is -0.120. The Morgan fingerprint density at radius 1 is 1.08 bits per heavy atom. The van der Waals surface area contributed by atoms with E-state index >= 15 is 0 Å². The molecule has 26 heavy (non-hydrogen) atoms. The highest BCUT2D eigenvalue weighted by molar-refractivity contribution is 5.78. The van der Waals surface area contributed by atoms with Crippen LogP contribution in [0.25, 0.3) is 0 Å². The number of hydrogen-bond acceptors (Lipinski definition) is 3. The van der Waals surface area contributed by atoms with Crippen LogP contribution in [0.3, 0.4) is 0 Å². The highest BCUT2D eigenvalue weighted by Gasteiger charge is 2.10. The van der Waals surface area contributed by atoms with Crippen molar-refractivity contribution < 1.29 is 9.53 Å². The van der Waals surface area contributed by atoms with E-state index in [1.54, 1.807) is 0 Å². The molecule has 2 aromatic carbocycles. The van der Waals surface area contributed by atoms with Crippen LogP contribution in [0.1, 0.15) is 23.1 Å². The summed E-state index contributed by atoms with van der Waals surface area (Å²) in [5.41, 5.74) is 4.84. The second kappa shape index (κ2) is 9.39. The number of morpholine rings is 1. The maximum atomic E-state index is 12.0. The zero-order chi connectivity index (χ0) is 18.2. The van der Waals surface area contributed by atoms with Crippen LogP contribution in [0.5, 0.6) is 0 Å². The average molecular weight is 352 g/mol. The Labute approximate surface area is 156 Å². The maximum Gasteiger partial charge on any atom is 0.224 e. The van der Waals surface area contributed by atoms with Crippen molar-refractivity contribution in [3.8, 4) is 0 Å². The molecular formula is C22H28N2O2. The van der Waals surface area contributed by atoms with Crippen molar-refractivity contribution in [3.05, 3.63) is 65.2 Å². The van der Waals surface area contributed by atoms with E-state index < -0.39 is 0 Å². The van der Waals surface area contributed by atoms with Crippen LogP contribution < -0.4 is 10.2 Å². The lowest BCUT2D eigenvalue weighted by atomic mass is 10.1. The molecule has 1 aliphatic rings. The number of anilines is 1. The number of aryl methyl sites for hydroxylation is 2. The van der Waals surface area contributed by atoms with Crippen molar-refractivity contribution in [1.82, 2.24) is 5.32 Å². The summed E-state index contributed by atoms with van der Waals surface area (Å²) < 4.78 is 5.40.